The number of rotatable bonds is 3. The Morgan fingerprint density at radius 1 is 1.54 bits per heavy atom. The summed E-state index contributed by atoms with van der Waals surface area (Å²) in [4.78, 5) is 0. The van der Waals surface area contributed by atoms with Gasteiger partial charge in [0.05, 0.1) is 0 Å². The normalized spacial score (nSPS) is 35.3. The van der Waals surface area contributed by atoms with Crippen LogP contribution in [0.2, 0.25) is 0 Å². The summed E-state index contributed by atoms with van der Waals surface area (Å²) >= 11 is 0. The average Bonchev–Trinajstić information content (AvgIpc) is 2.07. The summed E-state index contributed by atoms with van der Waals surface area (Å²) in [5.74, 6) is 0.801. The van der Waals surface area contributed by atoms with Crippen LogP contribution in [0.15, 0.2) is 0 Å². The van der Waals surface area contributed by atoms with Crippen molar-refractivity contribution in [3.63, 3.8) is 0 Å². The monoisotopic (exact) mass is 187 g/mol. The third-order valence-corrected chi connectivity index (χ3v) is 3.19. The van der Waals surface area contributed by atoms with E-state index >= 15 is 0 Å². The van der Waals surface area contributed by atoms with Gasteiger partial charge in [-0.05, 0) is 31.7 Å². The van der Waals surface area contributed by atoms with Crippen molar-refractivity contribution in [2.45, 2.75) is 45.7 Å². The van der Waals surface area contributed by atoms with Gasteiger partial charge in [-0.1, -0.05) is 20.8 Å². The minimum Gasteiger partial charge on any atom is -0.316 e. The van der Waals surface area contributed by atoms with Crippen LogP contribution >= 0.6 is 0 Å². The molecule has 1 fully saturated rings. The van der Waals surface area contributed by atoms with Crippen LogP contribution in [0, 0.1) is 11.8 Å². The maximum atomic E-state index is 14.3. The Bertz CT molecular complexity index is 158. The number of hydrogen-bond donors (Lipinski definition) is 1. The van der Waals surface area contributed by atoms with Gasteiger partial charge >= 0.3 is 0 Å². The van der Waals surface area contributed by atoms with Gasteiger partial charge in [-0.2, -0.15) is 0 Å². The lowest BCUT2D eigenvalue weighted by Gasteiger charge is -2.36. The lowest BCUT2D eigenvalue weighted by atomic mass is 9.80. The zero-order valence-electron chi connectivity index (χ0n) is 9.07. The molecule has 0 spiro atoms. The molecule has 78 valence electrons. The number of halogens is 1. The van der Waals surface area contributed by atoms with Gasteiger partial charge in [-0.3, -0.25) is 0 Å². The van der Waals surface area contributed by atoms with E-state index < -0.39 is 5.67 Å². The van der Waals surface area contributed by atoms with Crippen LogP contribution in [0.25, 0.3) is 0 Å². The van der Waals surface area contributed by atoms with Gasteiger partial charge in [0.2, 0.25) is 0 Å². The molecule has 1 nitrogen and oxygen atoms in total. The van der Waals surface area contributed by atoms with E-state index in [-0.39, 0.29) is 5.92 Å². The zero-order chi connectivity index (χ0) is 9.90. The molecule has 0 aromatic carbocycles. The molecule has 2 unspecified atom stereocenters. The molecule has 2 atom stereocenters. The molecule has 2 heteroatoms. The third-order valence-electron chi connectivity index (χ3n) is 3.19. The fraction of sp³-hybridized carbons (Fsp3) is 1.00. The zero-order valence-corrected chi connectivity index (χ0v) is 9.07. The van der Waals surface area contributed by atoms with Gasteiger partial charge < -0.3 is 5.32 Å². The lowest BCUT2D eigenvalue weighted by Crippen LogP contribution is -2.46. The predicted octanol–water partition coefficient (Wildman–Crippen LogP) is 2.76. The van der Waals surface area contributed by atoms with E-state index in [2.05, 4.69) is 19.2 Å². The summed E-state index contributed by atoms with van der Waals surface area (Å²) in [6.45, 7) is 8.03. The fourth-order valence-electron chi connectivity index (χ4n) is 1.94. The smallest absolute Gasteiger partial charge is 0.116 e. The Morgan fingerprint density at radius 2 is 2.23 bits per heavy atom. The van der Waals surface area contributed by atoms with Crippen LogP contribution in [0.5, 0.6) is 0 Å². The minimum atomic E-state index is -0.893. The number of piperidine rings is 1. The Labute approximate surface area is 81.1 Å². The van der Waals surface area contributed by atoms with Crippen LogP contribution in [0.4, 0.5) is 4.39 Å². The molecule has 0 aromatic heterocycles. The SMILES string of the molecule is CC(C)CCC1(F)CCNCC1C. The first kappa shape index (κ1) is 11.0. The van der Waals surface area contributed by atoms with E-state index in [4.69, 9.17) is 0 Å². The van der Waals surface area contributed by atoms with Gasteiger partial charge in [0, 0.05) is 12.5 Å². The largest absolute Gasteiger partial charge is 0.316 e. The van der Waals surface area contributed by atoms with Crippen LogP contribution in [0.1, 0.15) is 40.0 Å². The molecule has 1 heterocycles. The maximum Gasteiger partial charge on any atom is 0.116 e. The molecule has 0 aromatic rings. The molecule has 1 aliphatic rings. The molecule has 1 saturated heterocycles. The molecule has 1 aliphatic heterocycles. The molecular weight excluding hydrogens is 165 g/mol. The van der Waals surface area contributed by atoms with Crippen LogP contribution in [-0.4, -0.2) is 18.8 Å². The van der Waals surface area contributed by atoms with Gasteiger partial charge in [0.1, 0.15) is 5.67 Å². The molecule has 0 bridgehead atoms. The summed E-state index contributed by atoms with van der Waals surface area (Å²) in [5.41, 5.74) is -0.893. The van der Waals surface area contributed by atoms with Crippen molar-refractivity contribution in [1.29, 1.82) is 0 Å². The van der Waals surface area contributed by atoms with Gasteiger partial charge in [0.15, 0.2) is 0 Å². The van der Waals surface area contributed by atoms with E-state index in [9.17, 15) is 4.39 Å². The molecule has 1 rings (SSSR count). The van der Waals surface area contributed by atoms with Crippen molar-refractivity contribution < 1.29 is 4.39 Å². The Kier molecular flexibility index (Phi) is 3.72. The van der Waals surface area contributed by atoms with E-state index in [1.807, 2.05) is 6.92 Å². The quantitative estimate of drug-likeness (QED) is 0.716. The molecule has 0 aliphatic carbocycles. The summed E-state index contributed by atoms with van der Waals surface area (Å²) in [5, 5.41) is 3.24. The molecule has 0 radical (unpaired) electrons. The highest BCUT2D eigenvalue weighted by atomic mass is 19.1. The predicted molar refractivity (Wildman–Crippen MR) is 54.6 cm³/mol. The van der Waals surface area contributed by atoms with Crippen molar-refractivity contribution in [3.8, 4) is 0 Å². The van der Waals surface area contributed by atoms with Gasteiger partial charge in [-0.15, -0.1) is 0 Å². The minimum absolute atomic E-state index is 0.181. The lowest BCUT2D eigenvalue weighted by molar-refractivity contribution is 0.0433. The molecule has 1 N–H and O–H groups in total. The average molecular weight is 187 g/mol. The molecule has 0 saturated carbocycles. The first-order chi connectivity index (χ1) is 6.04. The van der Waals surface area contributed by atoms with E-state index in [1.165, 1.54) is 0 Å². The van der Waals surface area contributed by atoms with Crippen molar-refractivity contribution in [3.05, 3.63) is 0 Å². The van der Waals surface area contributed by atoms with Crippen LogP contribution in [0.3, 0.4) is 0 Å². The summed E-state index contributed by atoms with van der Waals surface area (Å²) in [7, 11) is 0. The maximum absolute atomic E-state index is 14.3. The third kappa shape index (κ3) is 2.94. The van der Waals surface area contributed by atoms with Crippen LogP contribution < -0.4 is 5.32 Å². The highest BCUT2D eigenvalue weighted by Crippen LogP contribution is 2.34. The van der Waals surface area contributed by atoms with Gasteiger partial charge in [-0.25, -0.2) is 4.39 Å². The van der Waals surface area contributed by atoms with Crippen LogP contribution in [-0.2, 0) is 0 Å². The Balaban J connectivity index is 2.42. The van der Waals surface area contributed by atoms with Crippen molar-refractivity contribution in [1.82, 2.24) is 5.32 Å². The number of alkyl halides is 1. The summed E-state index contributed by atoms with van der Waals surface area (Å²) in [6, 6.07) is 0. The van der Waals surface area contributed by atoms with Gasteiger partial charge in [0.25, 0.3) is 0 Å². The van der Waals surface area contributed by atoms with E-state index in [1.54, 1.807) is 0 Å². The van der Waals surface area contributed by atoms with Crippen molar-refractivity contribution >= 4 is 0 Å². The Hall–Kier alpha value is -0.110. The molecule has 13 heavy (non-hydrogen) atoms. The van der Waals surface area contributed by atoms with E-state index in [0.717, 1.165) is 25.9 Å². The Morgan fingerprint density at radius 3 is 2.77 bits per heavy atom. The first-order valence-corrected chi connectivity index (χ1v) is 5.44. The number of nitrogens with one attached hydrogen (secondary N) is 1. The number of hydrogen-bond acceptors (Lipinski definition) is 1. The first-order valence-electron chi connectivity index (χ1n) is 5.44. The topological polar surface area (TPSA) is 12.0 Å². The van der Waals surface area contributed by atoms with Crippen molar-refractivity contribution in [2.24, 2.45) is 11.8 Å². The fourth-order valence-corrected chi connectivity index (χ4v) is 1.94. The van der Waals surface area contributed by atoms with E-state index in [0.29, 0.717) is 12.3 Å². The molecular formula is C11H22FN. The highest BCUT2D eigenvalue weighted by Gasteiger charge is 2.37. The molecule has 0 amide bonds. The second kappa shape index (κ2) is 4.41. The summed E-state index contributed by atoms with van der Waals surface area (Å²) < 4.78 is 14.3. The highest BCUT2D eigenvalue weighted by molar-refractivity contribution is 4.90. The second-order valence-electron chi connectivity index (χ2n) is 4.82. The summed E-state index contributed by atoms with van der Waals surface area (Å²) in [6.07, 6.45) is 2.45. The second-order valence-corrected chi connectivity index (χ2v) is 4.82. The standard InChI is InChI=1S/C11H22FN/c1-9(2)4-5-11(12)6-7-13-8-10(11)3/h9-10,13H,4-8H2,1-3H3. The van der Waals surface area contributed by atoms with Crippen molar-refractivity contribution in [2.75, 3.05) is 13.1 Å².